The molecule has 2 nitrogen and oxygen atoms in total. The van der Waals surface area contributed by atoms with Crippen LogP contribution in [-0.4, -0.2) is 26.8 Å². The number of ether oxygens (including phenoxy) is 1. The molecule has 1 N–H and O–H groups in total. The van der Waals surface area contributed by atoms with E-state index in [4.69, 9.17) is 4.74 Å². The Hall–Kier alpha value is -0.0800. The molecule has 0 spiro atoms. The molecule has 1 aliphatic rings. The second kappa shape index (κ2) is 5.86. The lowest BCUT2D eigenvalue weighted by atomic mass is 9.76. The molecule has 2 heteroatoms. The topological polar surface area (TPSA) is 21.3 Å². The number of hydrogen-bond donors (Lipinski definition) is 1. The Kier molecular flexibility index (Phi) is 5.07. The van der Waals surface area contributed by atoms with E-state index in [1.54, 1.807) is 7.11 Å². The van der Waals surface area contributed by atoms with Gasteiger partial charge in [0.05, 0.1) is 0 Å². The summed E-state index contributed by atoms with van der Waals surface area (Å²) in [5.41, 5.74) is 0.529. The summed E-state index contributed by atoms with van der Waals surface area (Å²) in [5, 5.41) is 3.50. The van der Waals surface area contributed by atoms with Crippen molar-refractivity contribution in [2.24, 2.45) is 11.3 Å². The average molecular weight is 213 g/mol. The van der Waals surface area contributed by atoms with Crippen molar-refractivity contribution < 1.29 is 4.74 Å². The van der Waals surface area contributed by atoms with Crippen LogP contribution in [0.1, 0.15) is 46.0 Å². The summed E-state index contributed by atoms with van der Waals surface area (Å²) in [7, 11) is 3.89. The van der Waals surface area contributed by atoms with Gasteiger partial charge in [-0.2, -0.15) is 0 Å². The maximum Gasteiger partial charge on any atom is 0.0462 e. The highest BCUT2D eigenvalue weighted by Gasteiger charge is 2.38. The lowest BCUT2D eigenvalue weighted by Gasteiger charge is -2.34. The second-order valence-corrected chi connectivity index (χ2v) is 5.52. The quantitative estimate of drug-likeness (QED) is 0.685. The lowest BCUT2D eigenvalue weighted by Crippen LogP contribution is -2.39. The Morgan fingerprint density at radius 3 is 2.67 bits per heavy atom. The van der Waals surface area contributed by atoms with Gasteiger partial charge in [0.25, 0.3) is 0 Å². The van der Waals surface area contributed by atoms with Gasteiger partial charge in [0.15, 0.2) is 0 Å². The van der Waals surface area contributed by atoms with Crippen LogP contribution < -0.4 is 5.32 Å². The van der Waals surface area contributed by atoms with Crippen molar-refractivity contribution in [2.45, 2.75) is 52.0 Å². The third-order valence-corrected chi connectivity index (χ3v) is 4.06. The van der Waals surface area contributed by atoms with Gasteiger partial charge < -0.3 is 10.1 Å². The molecule has 0 aromatic carbocycles. The summed E-state index contributed by atoms with van der Waals surface area (Å²) in [6, 6.07) is 0.678. The Labute approximate surface area is 94.8 Å². The molecule has 2 atom stereocenters. The molecule has 0 aliphatic heterocycles. The molecule has 0 amide bonds. The Bertz CT molecular complexity index is 179. The van der Waals surface area contributed by atoms with E-state index < -0.39 is 0 Å². The highest BCUT2D eigenvalue weighted by atomic mass is 16.5. The van der Waals surface area contributed by atoms with Crippen LogP contribution in [-0.2, 0) is 4.74 Å². The van der Waals surface area contributed by atoms with Gasteiger partial charge in [-0.15, -0.1) is 0 Å². The van der Waals surface area contributed by atoms with E-state index in [0.717, 1.165) is 12.5 Å². The first-order valence-corrected chi connectivity index (χ1v) is 6.28. The van der Waals surface area contributed by atoms with Gasteiger partial charge in [0, 0.05) is 19.8 Å². The predicted octanol–water partition coefficient (Wildman–Crippen LogP) is 2.83. The number of rotatable bonds is 6. The van der Waals surface area contributed by atoms with E-state index in [1.165, 1.54) is 32.1 Å². The van der Waals surface area contributed by atoms with E-state index in [9.17, 15) is 0 Å². The number of nitrogens with one attached hydrogen (secondary N) is 1. The minimum absolute atomic E-state index is 0.529. The van der Waals surface area contributed by atoms with Crippen LogP contribution in [0.2, 0.25) is 0 Å². The molecule has 0 heterocycles. The zero-order chi connectivity index (χ0) is 11.3. The van der Waals surface area contributed by atoms with Crippen LogP contribution in [0.25, 0.3) is 0 Å². The fourth-order valence-electron chi connectivity index (χ4n) is 3.09. The van der Waals surface area contributed by atoms with Crippen LogP contribution in [0.3, 0.4) is 0 Å². The zero-order valence-corrected chi connectivity index (χ0v) is 10.8. The van der Waals surface area contributed by atoms with Crippen LogP contribution in [0, 0.1) is 11.3 Å². The Morgan fingerprint density at radius 1 is 1.47 bits per heavy atom. The molecule has 0 saturated heterocycles. The van der Waals surface area contributed by atoms with E-state index in [0.29, 0.717) is 11.5 Å². The molecule has 0 aromatic heterocycles. The second-order valence-electron chi connectivity index (χ2n) is 5.52. The van der Waals surface area contributed by atoms with Crippen LogP contribution in [0.4, 0.5) is 0 Å². The molecular weight excluding hydrogens is 186 g/mol. The van der Waals surface area contributed by atoms with Gasteiger partial charge in [0.1, 0.15) is 0 Å². The zero-order valence-electron chi connectivity index (χ0n) is 10.8. The Balaban J connectivity index is 2.43. The molecule has 90 valence electrons. The van der Waals surface area contributed by atoms with Crippen molar-refractivity contribution in [3.8, 4) is 0 Å². The predicted molar refractivity (Wildman–Crippen MR) is 65.1 cm³/mol. The minimum atomic E-state index is 0.529. The van der Waals surface area contributed by atoms with E-state index >= 15 is 0 Å². The third-order valence-electron chi connectivity index (χ3n) is 4.06. The molecule has 1 rings (SSSR count). The molecule has 0 bridgehead atoms. The summed E-state index contributed by atoms with van der Waals surface area (Å²) in [5.74, 6) is 0.847. The highest BCUT2D eigenvalue weighted by Crippen LogP contribution is 2.45. The van der Waals surface area contributed by atoms with Crippen molar-refractivity contribution in [1.29, 1.82) is 0 Å². The first-order valence-electron chi connectivity index (χ1n) is 6.28. The fraction of sp³-hybridized carbons (Fsp3) is 1.00. The molecule has 0 aromatic rings. The summed E-state index contributed by atoms with van der Waals surface area (Å²) in [4.78, 5) is 0. The molecule has 1 aliphatic carbocycles. The SMILES string of the molecule is CNC(CCCOC)C1CCCC1(C)C. The summed E-state index contributed by atoms with van der Waals surface area (Å²) >= 11 is 0. The molecule has 0 radical (unpaired) electrons. The van der Waals surface area contributed by atoms with Gasteiger partial charge in [-0.1, -0.05) is 20.3 Å². The monoisotopic (exact) mass is 213 g/mol. The highest BCUT2D eigenvalue weighted by molar-refractivity contribution is 4.91. The molecule has 1 saturated carbocycles. The molecule has 15 heavy (non-hydrogen) atoms. The fourth-order valence-corrected chi connectivity index (χ4v) is 3.09. The van der Waals surface area contributed by atoms with Crippen molar-refractivity contribution in [3.63, 3.8) is 0 Å². The summed E-state index contributed by atoms with van der Waals surface area (Å²) in [6.07, 6.45) is 6.61. The van der Waals surface area contributed by atoms with Crippen LogP contribution in [0.15, 0.2) is 0 Å². The van der Waals surface area contributed by atoms with Crippen molar-refractivity contribution >= 4 is 0 Å². The number of hydrogen-bond acceptors (Lipinski definition) is 2. The van der Waals surface area contributed by atoms with Crippen LogP contribution in [0.5, 0.6) is 0 Å². The normalized spacial score (nSPS) is 26.8. The first kappa shape index (κ1) is 13.0. The smallest absolute Gasteiger partial charge is 0.0462 e. The van der Waals surface area contributed by atoms with Crippen molar-refractivity contribution in [1.82, 2.24) is 5.32 Å². The average Bonchev–Trinajstić information content (AvgIpc) is 2.53. The third kappa shape index (κ3) is 3.46. The van der Waals surface area contributed by atoms with Crippen LogP contribution >= 0.6 is 0 Å². The van der Waals surface area contributed by atoms with E-state index in [-0.39, 0.29) is 0 Å². The summed E-state index contributed by atoms with van der Waals surface area (Å²) < 4.78 is 5.12. The van der Waals surface area contributed by atoms with Gasteiger partial charge in [-0.25, -0.2) is 0 Å². The first-order chi connectivity index (χ1) is 7.11. The largest absolute Gasteiger partial charge is 0.385 e. The lowest BCUT2D eigenvalue weighted by molar-refractivity contribution is 0.162. The minimum Gasteiger partial charge on any atom is -0.385 e. The summed E-state index contributed by atoms with van der Waals surface area (Å²) in [6.45, 7) is 5.74. The van der Waals surface area contributed by atoms with Crippen molar-refractivity contribution in [2.75, 3.05) is 20.8 Å². The van der Waals surface area contributed by atoms with Gasteiger partial charge >= 0.3 is 0 Å². The Morgan fingerprint density at radius 2 is 2.20 bits per heavy atom. The molecular formula is C13H27NO. The molecule has 2 unspecified atom stereocenters. The maximum atomic E-state index is 5.12. The standard InChI is InChI=1S/C13H27NO/c1-13(2)9-5-7-11(13)12(14-3)8-6-10-15-4/h11-12,14H,5-10H2,1-4H3. The van der Waals surface area contributed by atoms with Gasteiger partial charge in [-0.3, -0.25) is 0 Å². The van der Waals surface area contributed by atoms with Gasteiger partial charge in [0.2, 0.25) is 0 Å². The van der Waals surface area contributed by atoms with E-state index in [2.05, 4.69) is 26.2 Å². The van der Waals surface area contributed by atoms with Gasteiger partial charge in [-0.05, 0) is 44.1 Å². The maximum absolute atomic E-state index is 5.12. The molecule has 1 fully saturated rings. The number of methoxy groups -OCH3 is 1. The van der Waals surface area contributed by atoms with Crippen molar-refractivity contribution in [3.05, 3.63) is 0 Å². The van der Waals surface area contributed by atoms with E-state index in [1.807, 2.05) is 0 Å².